The van der Waals surface area contributed by atoms with Crippen molar-refractivity contribution in [3.8, 4) is 0 Å². The summed E-state index contributed by atoms with van der Waals surface area (Å²) in [6.45, 7) is 6.74. The number of amides is 1. The lowest BCUT2D eigenvalue weighted by atomic mass is 10.1. The van der Waals surface area contributed by atoms with Gasteiger partial charge in [-0.05, 0) is 60.5 Å². The zero-order chi connectivity index (χ0) is 18.8. The molecule has 0 radical (unpaired) electrons. The highest BCUT2D eigenvalue weighted by molar-refractivity contribution is 9.10. The van der Waals surface area contributed by atoms with Gasteiger partial charge in [-0.2, -0.15) is 0 Å². The molecule has 8 heteroatoms. The van der Waals surface area contributed by atoms with E-state index in [1.54, 1.807) is 19.3 Å². The van der Waals surface area contributed by atoms with Crippen LogP contribution in [0.1, 0.15) is 29.8 Å². The summed E-state index contributed by atoms with van der Waals surface area (Å²) in [4.78, 5) is 21.0. The smallest absolute Gasteiger partial charge is 0.251 e. The lowest BCUT2D eigenvalue weighted by Crippen LogP contribution is -2.23. The van der Waals surface area contributed by atoms with Gasteiger partial charge < -0.3 is 15.2 Å². The first-order valence-corrected chi connectivity index (χ1v) is 9.10. The largest absolute Gasteiger partial charge is 0.352 e. The highest BCUT2D eigenvalue weighted by Crippen LogP contribution is 2.29. The molecular weight excluding hydrogens is 401 g/mol. The Hall–Kier alpha value is -2.48. The molecule has 0 aliphatic rings. The molecule has 0 spiro atoms. The van der Waals surface area contributed by atoms with Crippen LogP contribution in [0.25, 0.3) is 11.0 Å². The Balaban J connectivity index is 2.09. The van der Waals surface area contributed by atoms with Crippen molar-refractivity contribution in [1.82, 2.24) is 19.9 Å². The molecule has 2 aromatic heterocycles. The number of imidazole rings is 1. The molecule has 0 atom stereocenters. The summed E-state index contributed by atoms with van der Waals surface area (Å²) in [5.41, 5.74) is 2.70. The molecule has 3 aromatic rings. The van der Waals surface area contributed by atoms with E-state index in [2.05, 4.69) is 36.5 Å². The second-order valence-electron chi connectivity index (χ2n) is 5.82. The number of hydrogen-bond donors (Lipinski definition) is 2. The summed E-state index contributed by atoms with van der Waals surface area (Å²) in [6, 6.07) is 4.66. The van der Waals surface area contributed by atoms with Crippen LogP contribution in [-0.4, -0.2) is 27.0 Å². The molecule has 0 aliphatic heterocycles. The second-order valence-corrected chi connectivity index (χ2v) is 6.64. The van der Waals surface area contributed by atoms with Crippen LogP contribution in [0.2, 0.25) is 0 Å². The van der Waals surface area contributed by atoms with Gasteiger partial charge in [-0.15, -0.1) is 0 Å². The minimum Gasteiger partial charge on any atom is -0.352 e. The Labute approximate surface area is 159 Å². The van der Waals surface area contributed by atoms with E-state index < -0.39 is 5.82 Å². The van der Waals surface area contributed by atoms with E-state index in [9.17, 15) is 9.18 Å². The molecule has 0 saturated carbocycles. The van der Waals surface area contributed by atoms with Crippen molar-refractivity contribution >= 4 is 44.4 Å². The molecule has 0 bridgehead atoms. The predicted octanol–water partition coefficient (Wildman–Crippen LogP) is 4.15. The lowest BCUT2D eigenvalue weighted by Gasteiger charge is -2.13. The first-order valence-electron chi connectivity index (χ1n) is 8.31. The van der Waals surface area contributed by atoms with Crippen LogP contribution in [0.3, 0.4) is 0 Å². The molecule has 1 aromatic carbocycles. The number of aromatic nitrogens is 3. The highest BCUT2D eigenvalue weighted by Gasteiger charge is 2.16. The minimum atomic E-state index is -0.451. The number of carbonyl (C=O) groups is 1. The molecule has 3 rings (SSSR count). The Morgan fingerprint density at radius 3 is 2.77 bits per heavy atom. The Bertz CT molecular complexity index is 985. The van der Waals surface area contributed by atoms with Crippen LogP contribution in [0, 0.1) is 12.7 Å². The average molecular weight is 420 g/mol. The number of fused-ring (bicyclic) bond motifs is 1. The zero-order valence-electron chi connectivity index (χ0n) is 14.7. The van der Waals surface area contributed by atoms with E-state index in [-0.39, 0.29) is 11.6 Å². The fourth-order valence-electron chi connectivity index (χ4n) is 2.79. The van der Waals surface area contributed by atoms with Crippen LogP contribution in [0.4, 0.5) is 15.9 Å². The molecule has 0 saturated heterocycles. The first-order chi connectivity index (χ1) is 12.4. The molecule has 0 unspecified atom stereocenters. The fraction of sp³-hybridized carbons (Fsp3) is 0.278. The number of pyridine rings is 1. The van der Waals surface area contributed by atoms with Gasteiger partial charge in [0, 0.05) is 18.7 Å². The van der Waals surface area contributed by atoms with Crippen LogP contribution >= 0.6 is 15.9 Å². The molecule has 1 amide bonds. The monoisotopic (exact) mass is 419 g/mol. The number of nitrogens with one attached hydrogen (secondary N) is 2. The Morgan fingerprint density at radius 2 is 2.08 bits per heavy atom. The van der Waals surface area contributed by atoms with Gasteiger partial charge in [-0.1, -0.05) is 0 Å². The first kappa shape index (κ1) is 18.3. The van der Waals surface area contributed by atoms with Gasteiger partial charge in [0.2, 0.25) is 0 Å². The van der Waals surface area contributed by atoms with E-state index in [1.807, 2.05) is 18.4 Å². The molecular formula is C18H19BrFN5O. The maximum Gasteiger partial charge on any atom is 0.251 e. The van der Waals surface area contributed by atoms with Crippen molar-refractivity contribution in [3.05, 3.63) is 46.1 Å². The van der Waals surface area contributed by atoms with Crippen LogP contribution in [0.15, 0.2) is 29.1 Å². The van der Waals surface area contributed by atoms with Crippen molar-refractivity contribution in [3.63, 3.8) is 0 Å². The van der Waals surface area contributed by atoms with Crippen molar-refractivity contribution in [2.24, 2.45) is 0 Å². The molecule has 6 nitrogen and oxygen atoms in total. The molecule has 2 N–H and O–H groups in total. The van der Waals surface area contributed by atoms with E-state index >= 15 is 0 Å². The number of rotatable bonds is 5. The van der Waals surface area contributed by atoms with Crippen LogP contribution in [0.5, 0.6) is 0 Å². The third-order valence-electron chi connectivity index (χ3n) is 4.05. The second kappa shape index (κ2) is 7.41. The van der Waals surface area contributed by atoms with Crippen molar-refractivity contribution < 1.29 is 9.18 Å². The molecule has 2 heterocycles. The number of carbonyl (C=O) groups excluding carboxylic acids is 1. The summed E-state index contributed by atoms with van der Waals surface area (Å²) >= 11 is 3.36. The van der Waals surface area contributed by atoms with Gasteiger partial charge in [0.1, 0.15) is 15.9 Å². The standard InChI is InChI=1S/C18H19BrFN5O/c1-4-21-18(26)11-7-13(12(20)6-10(11)3)23-17-16-14(8-15(19)24-17)22-9-25(16)5-2/h6-9H,4-5H2,1-3H3,(H,21,26)(H,23,24). The third-order valence-corrected chi connectivity index (χ3v) is 4.46. The van der Waals surface area contributed by atoms with Gasteiger partial charge in [-0.3, -0.25) is 4.79 Å². The molecule has 0 aliphatic carbocycles. The summed E-state index contributed by atoms with van der Waals surface area (Å²) in [7, 11) is 0. The van der Waals surface area contributed by atoms with Crippen molar-refractivity contribution in [2.75, 3.05) is 11.9 Å². The predicted molar refractivity (Wildman–Crippen MR) is 103 cm³/mol. The SMILES string of the molecule is CCNC(=O)c1cc(Nc2nc(Br)cc3ncn(CC)c23)c(F)cc1C. The van der Waals surface area contributed by atoms with E-state index in [1.165, 1.54) is 12.1 Å². The van der Waals surface area contributed by atoms with Gasteiger partial charge in [-0.25, -0.2) is 14.4 Å². The number of halogens is 2. The maximum absolute atomic E-state index is 14.5. The summed E-state index contributed by atoms with van der Waals surface area (Å²) < 4.78 is 17.0. The topological polar surface area (TPSA) is 71.8 Å². The van der Waals surface area contributed by atoms with E-state index in [0.29, 0.717) is 34.6 Å². The summed E-state index contributed by atoms with van der Waals surface area (Å²) in [6.07, 6.45) is 1.72. The van der Waals surface area contributed by atoms with Gasteiger partial charge in [0.05, 0.1) is 17.5 Å². The molecule has 136 valence electrons. The zero-order valence-corrected chi connectivity index (χ0v) is 16.3. The lowest BCUT2D eigenvalue weighted by molar-refractivity contribution is 0.0955. The van der Waals surface area contributed by atoms with Gasteiger partial charge in [0.25, 0.3) is 5.91 Å². The van der Waals surface area contributed by atoms with E-state index in [0.717, 1.165) is 11.0 Å². The highest BCUT2D eigenvalue weighted by atomic mass is 79.9. The number of hydrogen-bond acceptors (Lipinski definition) is 4. The number of aryl methyl sites for hydroxylation is 2. The van der Waals surface area contributed by atoms with Gasteiger partial charge >= 0.3 is 0 Å². The Morgan fingerprint density at radius 1 is 1.31 bits per heavy atom. The van der Waals surface area contributed by atoms with Gasteiger partial charge in [0.15, 0.2) is 5.82 Å². The Kier molecular flexibility index (Phi) is 5.22. The molecule has 26 heavy (non-hydrogen) atoms. The quantitative estimate of drug-likeness (QED) is 0.609. The van der Waals surface area contributed by atoms with Crippen molar-refractivity contribution in [2.45, 2.75) is 27.3 Å². The van der Waals surface area contributed by atoms with Crippen molar-refractivity contribution in [1.29, 1.82) is 0 Å². The molecule has 0 fully saturated rings. The number of benzene rings is 1. The number of anilines is 2. The number of nitrogens with zero attached hydrogens (tertiary/aromatic N) is 3. The van der Waals surface area contributed by atoms with E-state index in [4.69, 9.17) is 0 Å². The van der Waals surface area contributed by atoms with Crippen LogP contribution < -0.4 is 10.6 Å². The maximum atomic E-state index is 14.5. The average Bonchev–Trinajstić information content (AvgIpc) is 3.00. The normalized spacial score (nSPS) is 11.0. The summed E-state index contributed by atoms with van der Waals surface area (Å²) in [5, 5.41) is 5.76. The van der Waals surface area contributed by atoms with Crippen LogP contribution in [-0.2, 0) is 6.54 Å². The fourth-order valence-corrected chi connectivity index (χ4v) is 3.18. The minimum absolute atomic E-state index is 0.188. The third kappa shape index (κ3) is 3.41. The summed E-state index contributed by atoms with van der Waals surface area (Å²) in [5.74, 6) is -0.217.